The number of carbonyl (C=O) groups is 2. The van der Waals surface area contributed by atoms with Crippen molar-refractivity contribution >= 4 is 40.1 Å². The molecular weight excluding hydrogens is 423 g/mol. The van der Waals surface area contributed by atoms with Crippen LogP contribution in [-0.4, -0.2) is 27.4 Å². The molecule has 0 bridgehead atoms. The Labute approximate surface area is 182 Å². The number of fused-ring (bicyclic) bond motifs is 1. The van der Waals surface area contributed by atoms with Crippen molar-refractivity contribution in [2.45, 2.75) is 38.3 Å². The molecule has 0 atom stereocenters. The Balaban J connectivity index is 1.54. The Morgan fingerprint density at radius 2 is 1.94 bits per heavy atom. The lowest BCUT2D eigenvalue weighted by atomic mass is 10.1. The van der Waals surface area contributed by atoms with Crippen LogP contribution in [0.1, 0.15) is 36.0 Å². The summed E-state index contributed by atoms with van der Waals surface area (Å²) in [7, 11) is 0. The molecule has 9 heteroatoms. The first-order valence-electron chi connectivity index (χ1n) is 9.96. The largest absolute Gasteiger partial charge is 0.349 e. The first kappa shape index (κ1) is 21.0. The van der Waals surface area contributed by atoms with Gasteiger partial charge in [0.15, 0.2) is 0 Å². The van der Waals surface area contributed by atoms with Crippen LogP contribution in [0.25, 0.3) is 11.0 Å². The molecule has 1 heterocycles. The molecule has 1 saturated carbocycles. The molecule has 1 fully saturated rings. The fraction of sp³-hybridized carbons (Fsp3) is 0.273. The third-order valence-electron chi connectivity index (χ3n) is 5.30. The maximum atomic E-state index is 13.3. The molecule has 0 spiro atoms. The third-order valence-corrected chi connectivity index (χ3v) is 5.59. The van der Waals surface area contributed by atoms with E-state index in [0.29, 0.717) is 22.3 Å². The third kappa shape index (κ3) is 4.74. The van der Waals surface area contributed by atoms with Gasteiger partial charge in [-0.3, -0.25) is 19.0 Å². The van der Waals surface area contributed by atoms with Crippen LogP contribution in [0.3, 0.4) is 0 Å². The van der Waals surface area contributed by atoms with Gasteiger partial charge in [0, 0.05) is 17.3 Å². The van der Waals surface area contributed by atoms with Gasteiger partial charge < -0.3 is 10.6 Å². The van der Waals surface area contributed by atoms with Gasteiger partial charge in [-0.1, -0.05) is 24.4 Å². The fourth-order valence-corrected chi connectivity index (χ4v) is 3.91. The summed E-state index contributed by atoms with van der Waals surface area (Å²) < 4.78 is 14.6. The SMILES string of the molecule is O=C(Cn1c(=O)cnc2cc(C(=O)NC3CCCC3)ccc21)Nc1ccc(F)c(Cl)c1. The zero-order chi connectivity index (χ0) is 22.0. The molecule has 2 aromatic carbocycles. The van der Waals surface area contributed by atoms with Crippen molar-refractivity contribution in [2.24, 2.45) is 0 Å². The predicted molar refractivity (Wildman–Crippen MR) is 116 cm³/mol. The topological polar surface area (TPSA) is 93.1 Å². The van der Waals surface area contributed by atoms with Crippen molar-refractivity contribution < 1.29 is 14.0 Å². The Hall–Kier alpha value is -3.26. The Morgan fingerprint density at radius 3 is 2.68 bits per heavy atom. The van der Waals surface area contributed by atoms with Crippen molar-refractivity contribution in [3.05, 3.63) is 69.4 Å². The van der Waals surface area contributed by atoms with Crippen LogP contribution in [0.2, 0.25) is 5.02 Å². The van der Waals surface area contributed by atoms with Crippen molar-refractivity contribution in [1.82, 2.24) is 14.9 Å². The highest BCUT2D eigenvalue weighted by Gasteiger charge is 2.19. The van der Waals surface area contributed by atoms with Gasteiger partial charge in [-0.2, -0.15) is 0 Å². The van der Waals surface area contributed by atoms with E-state index in [9.17, 15) is 18.8 Å². The van der Waals surface area contributed by atoms with E-state index < -0.39 is 17.3 Å². The van der Waals surface area contributed by atoms with E-state index in [2.05, 4.69) is 15.6 Å². The van der Waals surface area contributed by atoms with Gasteiger partial charge >= 0.3 is 0 Å². The Morgan fingerprint density at radius 1 is 1.16 bits per heavy atom. The molecule has 1 aromatic heterocycles. The number of hydrogen-bond donors (Lipinski definition) is 2. The highest BCUT2D eigenvalue weighted by atomic mass is 35.5. The second-order valence-electron chi connectivity index (χ2n) is 7.52. The first-order chi connectivity index (χ1) is 14.9. The molecule has 0 unspecified atom stereocenters. The number of nitrogens with zero attached hydrogens (tertiary/aromatic N) is 2. The Kier molecular flexibility index (Phi) is 5.99. The normalized spacial score (nSPS) is 14.0. The molecule has 31 heavy (non-hydrogen) atoms. The number of rotatable bonds is 5. The summed E-state index contributed by atoms with van der Waals surface area (Å²) in [6.45, 7) is -0.277. The van der Waals surface area contributed by atoms with Gasteiger partial charge in [0.2, 0.25) is 5.91 Å². The van der Waals surface area contributed by atoms with Crippen LogP contribution in [0.4, 0.5) is 10.1 Å². The number of benzene rings is 2. The summed E-state index contributed by atoms with van der Waals surface area (Å²) in [4.78, 5) is 41.4. The number of amides is 2. The van der Waals surface area contributed by atoms with Crippen LogP contribution >= 0.6 is 11.6 Å². The lowest BCUT2D eigenvalue weighted by molar-refractivity contribution is -0.116. The molecule has 1 aliphatic carbocycles. The zero-order valence-corrected chi connectivity index (χ0v) is 17.3. The van der Waals surface area contributed by atoms with Crippen molar-refractivity contribution in [3.63, 3.8) is 0 Å². The highest BCUT2D eigenvalue weighted by molar-refractivity contribution is 6.31. The standard InChI is InChI=1S/C22H20ClFN4O3/c23-16-10-15(6-7-17(16)24)26-20(29)12-28-19-8-5-13(9-18(19)25-11-21(28)30)22(31)27-14-3-1-2-4-14/h5-11,14H,1-4,12H2,(H,26,29)(H,27,31). The molecule has 0 radical (unpaired) electrons. The van der Waals surface area contributed by atoms with E-state index in [1.54, 1.807) is 18.2 Å². The minimum atomic E-state index is -0.594. The van der Waals surface area contributed by atoms with Gasteiger partial charge in [0.25, 0.3) is 11.5 Å². The van der Waals surface area contributed by atoms with Crippen molar-refractivity contribution in [3.8, 4) is 0 Å². The minimum Gasteiger partial charge on any atom is -0.349 e. The van der Waals surface area contributed by atoms with E-state index in [4.69, 9.17) is 11.6 Å². The number of nitrogens with one attached hydrogen (secondary N) is 2. The van der Waals surface area contributed by atoms with E-state index in [-0.39, 0.29) is 23.5 Å². The van der Waals surface area contributed by atoms with E-state index in [1.165, 1.54) is 16.7 Å². The quantitative estimate of drug-likeness (QED) is 0.632. The van der Waals surface area contributed by atoms with E-state index in [0.717, 1.165) is 37.9 Å². The molecule has 0 saturated heterocycles. The summed E-state index contributed by atoms with van der Waals surface area (Å²) in [5.41, 5.74) is 1.16. The number of carbonyl (C=O) groups excluding carboxylic acids is 2. The van der Waals surface area contributed by atoms with Gasteiger partial charge in [-0.15, -0.1) is 0 Å². The predicted octanol–water partition coefficient (Wildman–Crippen LogP) is 3.50. The number of anilines is 1. The van der Waals surface area contributed by atoms with Crippen LogP contribution in [0.5, 0.6) is 0 Å². The summed E-state index contributed by atoms with van der Waals surface area (Å²) in [6.07, 6.45) is 5.30. The summed E-state index contributed by atoms with van der Waals surface area (Å²) >= 11 is 5.73. The molecule has 1 aliphatic rings. The Bertz CT molecular complexity index is 1220. The van der Waals surface area contributed by atoms with Gasteiger partial charge in [0.05, 0.1) is 22.3 Å². The van der Waals surface area contributed by atoms with E-state index >= 15 is 0 Å². The number of aromatic nitrogens is 2. The summed E-state index contributed by atoms with van der Waals surface area (Å²) in [5, 5.41) is 5.49. The monoisotopic (exact) mass is 442 g/mol. The first-order valence-corrected chi connectivity index (χ1v) is 10.3. The minimum absolute atomic E-state index is 0.118. The lowest BCUT2D eigenvalue weighted by Crippen LogP contribution is -2.32. The van der Waals surface area contributed by atoms with Crippen LogP contribution < -0.4 is 16.2 Å². The maximum Gasteiger partial charge on any atom is 0.269 e. The van der Waals surface area contributed by atoms with E-state index in [1.807, 2.05) is 0 Å². The lowest BCUT2D eigenvalue weighted by Gasteiger charge is -2.13. The average molecular weight is 443 g/mol. The fourth-order valence-electron chi connectivity index (χ4n) is 3.73. The smallest absolute Gasteiger partial charge is 0.269 e. The van der Waals surface area contributed by atoms with Gasteiger partial charge in [0.1, 0.15) is 12.4 Å². The molecule has 4 rings (SSSR count). The van der Waals surface area contributed by atoms with Crippen molar-refractivity contribution in [1.29, 1.82) is 0 Å². The van der Waals surface area contributed by atoms with Crippen LogP contribution in [-0.2, 0) is 11.3 Å². The molecular formula is C22H20ClFN4O3. The molecule has 160 valence electrons. The highest BCUT2D eigenvalue weighted by Crippen LogP contribution is 2.20. The number of hydrogen-bond acceptors (Lipinski definition) is 4. The molecule has 2 N–H and O–H groups in total. The van der Waals surface area contributed by atoms with Crippen LogP contribution in [0.15, 0.2) is 47.4 Å². The molecule has 0 aliphatic heterocycles. The average Bonchev–Trinajstić information content (AvgIpc) is 3.25. The summed E-state index contributed by atoms with van der Waals surface area (Å²) in [6, 6.07) is 8.82. The molecule has 7 nitrogen and oxygen atoms in total. The summed E-state index contributed by atoms with van der Waals surface area (Å²) in [5.74, 6) is -1.26. The molecule has 3 aromatic rings. The second kappa shape index (κ2) is 8.85. The second-order valence-corrected chi connectivity index (χ2v) is 7.93. The molecule has 2 amide bonds. The maximum absolute atomic E-state index is 13.3. The number of halogens is 2. The van der Waals surface area contributed by atoms with Gasteiger partial charge in [-0.25, -0.2) is 9.37 Å². The van der Waals surface area contributed by atoms with Crippen LogP contribution in [0, 0.1) is 5.82 Å². The zero-order valence-electron chi connectivity index (χ0n) is 16.5. The van der Waals surface area contributed by atoms with Crippen molar-refractivity contribution in [2.75, 3.05) is 5.32 Å². The van der Waals surface area contributed by atoms with Gasteiger partial charge in [-0.05, 0) is 49.2 Å².